The Morgan fingerprint density at radius 1 is 0.969 bits per heavy atom. The highest BCUT2D eigenvalue weighted by molar-refractivity contribution is 6.51. The molecular weight excluding hydrogens is 409 g/mol. The molecule has 1 amide bonds. The fraction of sp³-hybridized carbons (Fsp3) is 0.154. The summed E-state index contributed by atoms with van der Waals surface area (Å²) in [6.07, 6.45) is 0. The molecule has 1 atom stereocenters. The van der Waals surface area contributed by atoms with Gasteiger partial charge in [0.25, 0.3) is 11.7 Å². The van der Waals surface area contributed by atoms with Gasteiger partial charge in [0.2, 0.25) is 0 Å². The first-order valence-electron chi connectivity index (χ1n) is 10.1. The third-order valence-corrected chi connectivity index (χ3v) is 5.69. The second kappa shape index (κ2) is 8.30. The van der Waals surface area contributed by atoms with Gasteiger partial charge in [-0.25, -0.2) is 4.39 Å². The summed E-state index contributed by atoms with van der Waals surface area (Å²) in [4.78, 5) is 27.7. The van der Waals surface area contributed by atoms with Crippen LogP contribution in [-0.4, -0.2) is 23.9 Å². The van der Waals surface area contributed by atoms with Crippen LogP contribution in [0.3, 0.4) is 0 Å². The van der Waals surface area contributed by atoms with Gasteiger partial charge in [-0.2, -0.15) is 0 Å². The van der Waals surface area contributed by atoms with Crippen LogP contribution in [-0.2, 0) is 9.59 Å². The second-order valence-electron chi connectivity index (χ2n) is 7.69. The number of hydrogen-bond donors (Lipinski definition) is 1. The summed E-state index contributed by atoms with van der Waals surface area (Å²) < 4.78 is 18.9. The van der Waals surface area contributed by atoms with E-state index in [1.807, 2.05) is 19.1 Å². The fourth-order valence-corrected chi connectivity index (χ4v) is 4.05. The zero-order valence-corrected chi connectivity index (χ0v) is 17.9. The summed E-state index contributed by atoms with van der Waals surface area (Å²) in [5, 5.41) is 11.2. The first-order valence-corrected chi connectivity index (χ1v) is 10.1. The molecule has 1 fully saturated rings. The number of ketones is 1. The Morgan fingerprint density at radius 2 is 1.66 bits per heavy atom. The molecule has 0 bridgehead atoms. The molecule has 0 aromatic heterocycles. The van der Waals surface area contributed by atoms with Crippen molar-refractivity contribution in [3.63, 3.8) is 0 Å². The van der Waals surface area contributed by atoms with Crippen LogP contribution in [0, 0.1) is 19.7 Å². The molecule has 1 unspecified atom stereocenters. The van der Waals surface area contributed by atoms with Crippen LogP contribution in [0.2, 0.25) is 0 Å². The van der Waals surface area contributed by atoms with Gasteiger partial charge in [-0.1, -0.05) is 30.3 Å². The maximum Gasteiger partial charge on any atom is 0.300 e. The lowest BCUT2D eigenvalue weighted by molar-refractivity contribution is -0.132. The molecule has 3 aromatic carbocycles. The molecule has 32 heavy (non-hydrogen) atoms. The first-order chi connectivity index (χ1) is 15.3. The van der Waals surface area contributed by atoms with Crippen molar-refractivity contribution in [1.29, 1.82) is 0 Å². The third-order valence-electron chi connectivity index (χ3n) is 5.69. The van der Waals surface area contributed by atoms with Crippen molar-refractivity contribution >= 4 is 23.1 Å². The van der Waals surface area contributed by atoms with Crippen LogP contribution >= 0.6 is 0 Å². The Balaban J connectivity index is 1.97. The van der Waals surface area contributed by atoms with Gasteiger partial charge >= 0.3 is 0 Å². The van der Waals surface area contributed by atoms with Crippen molar-refractivity contribution in [3.05, 3.63) is 100 Å². The van der Waals surface area contributed by atoms with Gasteiger partial charge in [-0.3, -0.25) is 14.5 Å². The van der Waals surface area contributed by atoms with Gasteiger partial charge < -0.3 is 9.84 Å². The molecule has 1 aliphatic heterocycles. The number of rotatable bonds is 4. The number of aliphatic hydroxyl groups is 1. The van der Waals surface area contributed by atoms with Crippen LogP contribution in [0.5, 0.6) is 5.75 Å². The SMILES string of the molecule is COc1ccc(/C(O)=C2/C(=O)C(=O)N(c3ccccc3C)C2c2ccc(F)cc2)c(C)c1. The topological polar surface area (TPSA) is 66.8 Å². The average molecular weight is 431 g/mol. The molecule has 0 aliphatic carbocycles. The van der Waals surface area contributed by atoms with E-state index in [2.05, 4.69) is 0 Å². The van der Waals surface area contributed by atoms with E-state index < -0.39 is 23.5 Å². The van der Waals surface area contributed by atoms with Crippen LogP contribution in [0.4, 0.5) is 10.1 Å². The predicted molar refractivity (Wildman–Crippen MR) is 120 cm³/mol. The summed E-state index contributed by atoms with van der Waals surface area (Å²) in [7, 11) is 1.54. The smallest absolute Gasteiger partial charge is 0.300 e. The maximum absolute atomic E-state index is 13.6. The Kier molecular flexibility index (Phi) is 5.53. The summed E-state index contributed by atoms with van der Waals surface area (Å²) >= 11 is 0. The monoisotopic (exact) mass is 431 g/mol. The minimum atomic E-state index is -0.904. The van der Waals surface area contributed by atoms with E-state index in [1.54, 1.807) is 37.3 Å². The van der Waals surface area contributed by atoms with Crippen molar-refractivity contribution in [2.75, 3.05) is 12.0 Å². The summed E-state index contributed by atoms with van der Waals surface area (Å²) in [5.41, 5.74) is 2.92. The number of halogens is 1. The van der Waals surface area contributed by atoms with Crippen molar-refractivity contribution in [2.24, 2.45) is 0 Å². The first kappa shape index (κ1) is 21.3. The molecule has 162 valence electrons. The van der Waals surface area contributed by atoms with Crippen LogP contribution < -0.4 is 9.64 Å². The van der Waals surface area contributed by atoms with Crippen molar-refractivity contribution in [2.45, 2.75) is 19.9 Å². The molecule has 6 heteroatoms. The standard InChI is InChI=1S/C26H22FNO4/c1-15-6-4-5-7-21(15)28-23(17-8-10-18(27)11-9-17)22(25(30)26(28)31)24(29)20-13-12-19(32-3)14-16(20)2/h4-14,23,29H,1-3H3/b24-22-. The zero-order chi connectivity index (χ0) is 23.0. The van der Waals surface area contributed by atoms with Gasteiger partial charge in [0.15, 0.2) is 0 Å². The minimum absolute atomic E-state index is 0.0434. The number of para-hydroxylation sites is 1. The number of benzene rings is 3. The largest absolute Gasteiger partial charge is 0.507 e. The van der Waals surface area contributed by atoms with E-state index in [4.69, 9.17) is 4.74 Å². The summed E-state index contributed by atoms with van der Waals surface area (Å²) in [6, 6.07) is 16.9. The summed E-state index contributed by atoms with van der Waals surface area (Å²) in [6.45, 7) is 3.62. The van der Waals surface area contributed by atoms with Gasteiger partial charge in [-0.15, -0.1) is 0 Å². The number of anilines is 1. The van der Waals surface area contributed by atoms with Gasteiger partial charge in [0, 0.05) is 11.3 Å². The third kappa shape index (κ3) is 3.54. The Bertz CT molecular complexity index is 1250. The minimum Gasteiger partial charge on any atom is -0.507 e. The average Bonchev–Trinajstić information content (AvgIpc) is 3.04. The highest BCUT2D eigenvalue weighted by Gasteiger charge is 2.47. The van der Waals surface area contributed by atoms with Gasteiger partial charge in [0.1, 0.15) is 17.3 Å². The van der Waals surface area contributed by atoms with Crippen LogP contribution in [0.25, 0.3) is 5.76 Å². The van der Waals surface area contributed by atoms with Crippen LogP contribution in [0.15, 0.2) is 72.3 Å². The van der Waals surface area contributed by atoms with Gasteiger partial charge in [-0.05, 0) is 66.9 Å². The number of carbonyl (C=O) groups is 2. The number of hydrogen-bond acceptors (Lipinski definition) is 4. The molecule has 0 radical (unpaired) electrons. The van der Waals surface area contributed by atoms with Crippen molar-refractivity contribution < 1.29 is 23.8 Å². The predicted octanol–water partition coefficient (Wildman–Crippen LogP) is 5.08. The van der Waals surface area contributed by atoms with E-state index in [0.717, 1.165) is 5.56 Å². The quantitative estimate of drug-likeness (QED) is 0.356. The number of aryl methyl sites for hydroxylation is 2. The fourth-order valence-electron chi connectivity index (χ4n) is 4.05. The lowest BCUT2D eigenvalue weighted by Crippen LogP contribution is -2.30. The molecule has 1 heterocycles. The van der Waals surface area contributed by atoms with Gasteiger partial charge in [0.05, 0.1) is 18.7 Å². The summed E-state index contributed by atoms with van der Waals surface area (Å²) in [5.74, 6) is -1.66. The molecule has 1 N–H and O–H groups in total. The molecule has 1 saturated heterocycles. The molecule has 3 aromatic rings. The highest BCUT2D eigenvalue weighted by atomic mass is 19.1. The van der Waals surface area contributed by atoms with E-state index in [0.29, 0.717) is 28.1 Å². The van der Waals surface area contributed by atoms with Crippen molar-refractivity contribution in [1.82, 2.24) is 0 Å². The van der Waals surface area contributed by atoms with Crippen molar-refractivity contribution in [3.8, 4) is 5.75 Å². The molecule has 4 rings (SSSR count). The number of Topliss-reactive ketones (excluding diaryl/α,β-unsaturated/α-hetero) is 1. The molecule has 5 nitrogen and oxygen atoms in total. The second-order valence-corrected chi connectivity index (χ2v) is 7.69. The number of nitrogens with zero attached hydrogens (tertiary/aromatic N) is 1. The molecule has 0 saturated carbocycles. The van der Waals surface area contributed by atoms with E-state index in [-0.39, 0.29) is 11.3 Å². The lowest BCUT2D eigenvalue weighted by Gasteiger charge is -2.27. The number of aliphatic hydroxyl groups excluding tert-OH is 1. The number of ether oxygens (including phenoxy) is 1. The zero-order valence-electron chi connectivity index (χ0n) is 17.9. The lowest BCUT2D eigenvalue weighted by atomic mass is 9.93. The number of carbonyl (C=O) groups excluding carboxylic acids is 2. The Morgan fingerprint density at radius 3 is 2.28 bits per heavy atom. The number of methoxy groups -OCH3 is 1. The van der Waals surface area contributed by atoms with Crippen LogP contribution in [0.1, 0.15) is 28.3 Å². The Hall–Kier alpha value is -3.93. The van der Waals surface area contributed by atoms with E-state index in [1.165, 1.54) is 36.3 Å². The molecule has 1 aliphatic rings. The Labute approximate surface area is 185 Å². The normalized spacial score (nSPS) is 17.6. The maximum atomic E-state index is 13.6. The highest BCUT2D eigenvalue weighted by Crippen LogP contribution is 2.43. The van der Waals surface area contributed by atoms with E-state index in [9.17, 15) is 19.1 Å². The number of amides is 1. The molecule has 0 spiro atoms. The van der Waals surface area contributed by atoms with E-state index >= 15 is 0 Å². The molecular formula is C26H22FNO4.